The Balaban J connectivity index is 1.84. The zero-order valence-corrected chi connectivity index (χ0v) is 12.1. The normalized spacial score (nSPS) is 11.9. The fourth-order valence-electron chi connectivity index (χ4n) is 1.74. The van der Waals surface area contributed by atoms with Gasteiger partial charge in [-0.3, -0.25) is 0 Å². The first-order chi connectivity index (χ1) is 9.13. The second-order valence-corrected chi connectivity index (χ2v) is 5.76. The number of thiophene rings is 1. The van der Waals surface area contributed by atoms with Crippen LogP contribution in [0.1, 0.15) is 11.8 Å². The van der Waals surface area contributed by atoms with Gasteiger partial charge < -0.3 is 10.6 Å². The highest BCUT2D eigenvalue weighted by Gasteiger charge is 2.08. The lowest BCUT2D eigenvalue weighted by Crippen LogP contribution is -2.37. The van der Waals surface area contributed by atoms with Crippen molar-refractivity contribution in [2.75, 3.05) is 5.32 Å². The molecule has 0 radical (unpaired) electrons. The number of halogens is 1. The summed E-state index contributed by atoms with van der Waals surface area (Å²) in [6.07, 6.45) is 0.834. The van der Waals surface area contributed by atoms with Gasteiger partial charge in [0, 0.05) is 28.0 Å². The minimum atomic E-state index is -0.216. The molecule has 0 saturated heterocycles. The van der Waals surface area contributed by atoms with Gasteiger partial charge in [0.1, 0.15) is 0 Å². The number of hydrogen-bond acceptors (Lipinski definition) is 2. The molecule has 19 heavy (non-hydrogen) atoms. The molecular weight excluding hydrogens is 280 g/mol. The predicted molar refractivity (Wildman–Crippen MR) is 81.1 cm³/mol. The van der Waals surface area contributed by atoms with Crippen LogP contribution in [0.4, 0.5) is 10.5 Å². The van der Waals surface area contributed by atoms with E-state index in [1.807, 2.05) is 18.4 Å². The van der Waals surface area contributed by atoms with Crippen LogP contribution in [0, 0.1) is 0 Å². The Morgan fingerprint density at radius 1 is 1.37 bits per heavy atom. The number of anilines is 1. The van der Waals surface area contributed by atoms with Crippen LogP contribution in [0.15, 0.2) is 41.8 Å². The van der Waals surface area contributed by atoms with E-state index in [2.05, 4.69) is 16.7 Å². The summed E-state index contributed by atoms with van der Waals surface area (Å²) in [6.45, 7) is 1.98. The van der Waals surface area contributed by atoms with Crippen LogP contribution in [0.3, 0.4) is 0 Å². The molecule has 0 aliphatic rings. The number of carbonyl (C=O) groups is 1. The zero-order chi connectivity index (χ0) is 13.7. The van der Waals surface area contributed by atoms with Gasteiger partial charge in [0.05, 0.1) is 0 Å². The SMILES string of the molecule is C[C@H](Cc1cccs1)NC(=O)Nc1cccc(Cl)c1. The molecule has 5 heteroatoms. The summed E-state index contributed by atoms with van der Waals surface area (Å²) in [6, 6.07) is 11.0. The van der Waals surface area contributed by atoms with Gasteiger partial charge in [-0.1, -0.05) is 23.7 Å². The van der Waals surface area contributed by atoms with E-state index < -0.39 is 0 Å². The molecule has 0 bridgehead atoms. The number of carbonyl (C=O) groups excluding carboxylic acids is 1. The number of amides is 2. The van der Waals surface area contributed by atoms with Crippen molar-refractivity contribution in [2.24, 2.45) is 0 Å². The van der Waals surface area contributed by atoms with Gasteiger partial charge >= 0.3 is 6.03 Å². The molecule has 100 valence electrons. The van der Waals surface area contributed by atoms with Crippen LogP contribution >= 0.6 is 22.9 Å². The summed E-state index contributed by atoms with van der Waals surface area (Å²) in [7, 11) is 0. The van der Waals surface area contributed by atoms with Crippen molar-refractivity contribution in [1.29, 1.82) is 0 Å². The number of benzene rings is 1. The smallest absolute Gasteiger partial charge is 0.319 e. The van der Waals surface area contributed by atoms with Gasteiger partial charge in [-0.25, -0.2) is 4.79 Å². The van der Waals surface area contributed by atoms with Crippen LogP contribution in [0.5, 0.6) is 0 Å². The molecule has 0 spiro atoms. The van der Waals surface area contributed by atoms with Crippen LogP contribution in [-0.2, 0) is 6.42 Å². The molecule has 1 atom stereocenters. The number of nitrogens with one attached hydrogen (secondary N) is 2. The Labute approximate surface area is 121 Å². The van der Waals surface area contributed by atoms with E-state index in [4.69, 9.17) is 11.6 Å². The van der Waals surface area contributed by atoms with Crippen molar-refractivity contribution in [3.63, 3.8) is 0 Å². The third-order valence-electron chi connectivity index (χ3n) is 2.55. The lowest BCUT2D eigenvalue weighted by molar-refractivity contribution is 0.249. The highest BCUT2D eigenvalue weighted by atomic mass is 35.5. The van der Waals surface area contributed by atoms with Gasteiger partial charge in [-0.05, 0) is 36.6 Å². The van der Waals surface area contributed by atoms with E-state index in [0.29, 0.717) is 10.7 Å². The number of hydrogen-bond donors (Lipinski definition) is 2. The molecule has 0 fully saturated rings. The molecule has 0 aliphatic carbocycles. The molecule has 1 aromatic carbocycles. The van der Waals surface area contributed by atoms with E-state index in [9.17, 15) is 4.79 Å². The number of urea groups is 1. The van der Waals surface area contributed by atoms with Crippen molar-refractivity contribution in [2.45, 2.75) is 19.4 Å². The molecule has 3 nitrogen and oxygen atoms in total. The third kappa shape index (κ3) is 4.58. The third-order valence-corrected chi connectivity index (χ3v) is 3.68. The minimum absolute atomic E-state index is 0.0813. The van der Waals surface area contributed by atoms with E-state index in [-0.39, 0.29) is 12.1 Å². The predicted octanol–water partition coefficient (Wildman–Crippen LogP) is 4.15. The van der Waals surface area contributed by atoms with Crippen molar-refractivity contribution in [1.82, 2.24) is 5.32 Å². The van der Waals surface area contributed by atoms with Gasteiger partial charge in [-0.2, -0.15) is 0 Å². The first-order valence-corrected chi connectivity index (χ1v) is 7.25. The maximum atomic E-state index is 11.8. The van der Waals surface area contributed by atoms with Crippen molar-refractivity contribution in [3.8, 4) is 0 Å². The molecular formula is C14H15ClN2OS. The van der Waals surface area contributed by atoms with Crippen LogP contribution < -0.4 is 10.6 Å². The maximum absolute atomic E-state index is 11.8. The molecule has 0 saturated carbocycles. The number of rotatable bonds is 4. The summed E-state index contributed by atoms with van der Waals surface area (Å²) in [5, 5.41) is 8.30. The lowest BCUT2D eigenvalue weighted by Gasteiger charge is -2.14. The first kappa shape index (κ1) is 13.9. The summed E-state index contributed by atoms with van der Waals surface area (Å²) in [4.78, 5) is 13.1. The van der Waals surface area contributed by atoms with Crippen molar-refractivity contribution >= 4 is 34.7 Å². The van der Waals surface area contributed by atoms with Gasteiger partial charge in [0.2, 0.25) is 0 Å². The Morgan fingerprint density at radius 3 is 2.89 bits per heavy atom. The Morgan fingerprint density at radius 2 is 2.21 bits per heavy atom. The summed E-state index contributed by atoms with van der Waals surface area (Å²) in [5.74, 6) is 0. The van der Waals surface area contributed by atoms with E-state index in [1.54, 1.807) is 35.6 Å². The average molecular weight is 295 g/mol. The van der Waals surface area contributed by atoms with E-state index in [1.165, 1.54) is 4.88 Å². The largest absolute Gasteiger partial charge is 0.335 e. The highest BCUT2D eigenvalue weighted by molar-refractivity contribution is 7.09. The minimum Gasteiger partial charge on any atom is -0.335 e. The fraction of sp³-hybridized carbons (Fsp3) is 0.214. The Bertz CT molecular complexity index is 542. The van der Waals surface area contributed by atoms with Crippen LogP contribution in [0.2, 0.25) is 5.02 Å². The molecule has 2 aromatic rings. The summed E-state index contributed by atoms with van der Waals surface area (Å²) in [5.41, 5.74) is 0.688. The van der Waals surface area contributed by atoms with E-state index >= 15 is 0 Å². The molecule has 2 amide bonds. The Kier molecular flexibility index (Phi) is 4.82. The molecule has 1 aromatic heterocycles. The molecule has 0 aliphatic heterocycles. The quantitative estimate of drug-likeness (QED) is 0.873. The second-order valence-electron chi connectivity index (χ2n) is 4.29. The van der Waals surface area contributed by atoms with Gasteiger partial charge in [-0.15, -0.1) is 11.3 Å². The monoisotopic (exact) mass is 294 g/mol. The average Bonchev–Trinajstić information content (AvgIpc) is 2.81. The second kappa shape index (κ2) is 6.59. The van der Waals surface area contributed by atoms with Gasteiger partial charge in [0.15, 0.2) is 0 Å². The van der Waals surface area contributed by atoms with E-state index in [0.717, 1.165) is 6.42 Å². The molecule has 0 unspecified atom stereocenters. The Hall–Kier alpha value is -1.52. The summed E-state index contributed by atoms with van der Waals surface area (Å²) >= 11 is 7.55. The standard InChI is InChI=1S/C14H15ClN2OS/c1-10(8-13-6-3-7-19-13)16-14(18)17-12-5-2-4-11(15)9-12/h2-7,9-10H,8H2,1H3,(H2,16,17,18)/t10-/m1/s1. The maximum Gasteiger partial charge on any atom is 0.319 e. The zero-order valence-electron chi connectivity index (χ0n) is 10.5. The highest BCUT2D eigenvalue weighted by Crippen LogP contribution is 2.15. The molecule has 2 rings (SSSR count). The topological polar surface area (TPSA) is 41.1 Å². The van der Waals surface area contributed by atoms with Crippen LogP contribution in [0.25, 0.3) is 0 Å². The van der Waals surface area contributed by atoms with Gasteiger partial charge in [0.25, 0.3) is 0 Å². The fourth-order valence-corrected chi connectivity index (χ4v) is 2.76. The summed E-state index contributed by atoms with van der Waals surface area (Å²) < 4.78 is 0. The lowest BCUT2D eigenvalue weighted by atomic mass is 10.2. The first-order valence-electron chi connectivity index (χ1n) is 5.99. The van der Waals surface area contributed by atoms with Crippen LogP contribution in [-0.4, -0.2) is 12.1 Å². The molecule has 2 N–H and O–H groups in total. The van der Waals surface area contributed by atoms with Crippen molar-refractivity contribution in [3.05, 3.63) is 51.7 Å². The van der Waals surface area contributed by atoms with Crippen molar-refractivity contribution < 1.29 is 4.79 Å². The molecule has 1 heterocycles.